The summed E-state index contributed by atoms with van der Waals surface area (Å²) in [4.78, 5) is 11.7. The molecule has 0 fully saturated rings. The van der Waals surface area contributed by atoms with Gasteiger partial charge in [0.25, 0.3) is 0 Å². The number of nitrogens with one attached hydrogen (secondary N) is 1. The largest absolute Gasteiger partial charge is 0.493 e. The molecular weight excluding hydrogens is 248 g/mol. The Balaban J connectivity index is 3.06. The van der Waals surface area contributed by atoms with Crippen LogP contribution in [0.25, 0.3) is 0 Å². The lowest BCUT2D eigenvalue weighted by atomic mass is 10.2. The Morgan fingerprint density at radius 1 is 1.21 bits per heavy atom. The normalized spacial score (nSPS) is 11.6. The molecule has 6 heteroatoms. The predicted molar refractivity (Wildman–Crippen MR) is 73.0 cm³/mol. The molecule has 0 radical (unpaired) electrons. The van der Waals surface area contributed by atoms with Gasteiger partial charge in [-0.1, -0.05) is 6.92 Å². The average Bonchev–Trinajstić information content (AvgIpc) is 2.44. The summed E-state index contributed by atoms with van der Waals surface area (Å²) in [6, 6.07) is 2.77. The molecule has 0 bridgehead atoms. The molecule has 1 aromatic rings. The second kappa shape index (κ2) is 6.84. The number of benzene rings is 1. The van der Waals surface area contributed by atoms with Crippen LogP contribution in [0.4, 0.5) is 5.69 Å². The van der Waals surface area contributed by atoms with Crippen molar-refractivity contribution in [3.63, 3.8) is 0 Å². The van der Waals surface area contributed by atoms with Gasteiger partial charge in [-0.05, 0) is 6.42 Å². The van der Waals surface area contributed by atoms with Crippen LogP contribution in [-0.4, -0.2) is 33.3 Å². The van der Waals surface area contributed by atoms with E-state index in [9.17, 15) is 4.79 Å². The second-order valence-corrected chi connectivity index (χ2v) is 3.92. The van der Waals surface area contributed by atoms with Crippen LogP contribution >= 0.6 is 0 Å². The van der Waals surface area contributed by atoms with Gasteiger partial charge in [0.05, 0.1) is 27.4 Å². The Morgan fingerprint density at radius 2 is 1.74 bits per heavy atom. The number of carbonyl (C=O) groups excluding carboxylic acids is 1. The Hall–Kier alpha value is -1.95. The lowest BCUT2D eigenvalue weighted by molar-refractivity contribution is -0.117. The van der Waals surface area contributed by atoms with Crippen molar-refractivity contribution in [2.24, 2.45) is 5.73 Å². The predicted octanol–water partition coefficient (Wildman–Crippen LogP) is 1.39. The number of amides is 1. The number of hydrogen-bond donors (Lipinski definition) is 2. The first-order valence-electron chi connectivity index (χ1n) is 5.93. The van der Waals surface area contributed by atoms with Gasteiger partial charge in [-0.2, -0.15) is 0 Å². The van der Waals surface area contributed by atoms with E-state index in [0.717, 1.165) is 0 Å². The van der Waals surface area contributed by atoms with Crippen LogP contribution in [0.2, 0.25) is 0 Å². The van der Waals surface area contributed by atoms with Crippen molar-refractivity contribution in [1.29, 1.82) is 0 Å². The summed E-state index contributed by atoms with van der Waals surface area (Å²) in [5, 5.41) is 2.71. The standard InChI is InChI=1S/C13H20N2O4/c1-5-9(14)13(16)15-8-6-10(17-2)12(19-4)11(7-8)18-3/h6-7,9H,5,14H2,1-4H3,(H,15,16)/t9-/m1/s1. The third kappa shape index (κ3) is 3.51. The zero-order valence-electron chi connectivity index (χ0n) is 11.6. The molecule has 1 aromatic carbocycles. The van der Waals surface area contributed by atoms with Gasteiger partial charge in [0, 0.05) is 17.8 Å². The number of ether oxygens (including phenoxy) is 3. The summed E-state index contributed by atoms with van der Waals surface area (Å²) >= 11 is 0. The van der Waals surface area contributed by atoms with E-state index in [1.165, 1.54) is 21.3 Å². The molecule has 0 aliphatic carbocycles. The van der Waals surface area contributed by atoms with Crippen molar-refractivity contribution in [3.05, 3.63) is 12.1 Å². The van der Waals surface area contributed by atoms with Gasteiger partial charge in [0.1, 0.15) is 0 Å². The molecule has 0 saturated heterocycles. The molecule has 19 heavy (non-hydrogen) atoms. The van der Waals surface area contributed by atoms with Crippen molar-refractivity contribution in [2.75, 3.05) is 26.6 Å². The van der Waals surface area contributed by atoms with Gasteiger partial charge < -0.3 is 25.3 Å². The smallest absolute Gasteiger partial charge is 0.241 e. The Labute approximate surface area is 112 Å². The maximum absolute atomic E-state index is 11.7. The lowest BCUT2D eigenvalue weighted by Crippen LogP contribution is -2.34. The summed E-state index contributed by atoms with van der Waals surface area (Å²) in [5.41, 5.74) is 6.21. The highest BCUT2D eigenvalue weighted by Crippen LogP contribution is 2.39. The van der Waals surface area contributed by atoms with Crippen molar-refractivity contribution in [3.8, 4) is 17.2 Å². The third-order valence-corrected chi connectivity index (χ3v) is 2.71. The minimum atomic E-state index is -0.543. The van der Waals surface area contributed by atoms with E-state index in [-0.39, 0.29) is 5.91 Å². The molecular formula is C13H20N2O4. The highest BCUT2D eigenvalue weighted by Gasteiger charge is 2.16. The Morgan fingerprint density at radius 3 is 2.11 bits per heavy atom. The van der Waals surface area contributed by atoms with Crippen molar-refractivity contribution in [1.82, 2.24) is 0 Å². The summed E-state index contributed by atoms with van der Waals surface area (Å²) in [6.45, 7) is 1.85. The van der Waals surface area contributed by atoms with E-state index in [1.807, 2.05) is 6.92 Å². The van der Waals surface area contributed by atoms with Gasteiger partial charge in [-0.3, -0.25) is 4.79 Å². The SMILES string of the molecule is CC[C@@H](N)C(=O)Nc1cc(OC)c(OC)c(OC)c1. The molecule has 0 aliphatic rings. The summed E-state index contributed by atoms with van der Waals surface area (Å²) in [6.07, 6.45) is 0.566. The van der Waals surface area contributed by atoms with Crippen LogP contribution in [0.5, 0.6) is 17.2 Å². The van der Waals surface area contributed by atoms with Gasteiger partial charge >= 0.3 is 0 Å². The number of nitrogens with two attached hydrogens (primary N) is 1. The molecule has 0 aliphatic heterocycles. The summed E-state index contributed by atoms with van der Waals surface area (Å²) in [7, 11) is 4.55. The molecule has 0 heterocycles. The first-order valence-corrected chi connectivity index (χ1v) is 5.93. The van der Waals surface area contributed by atoms with Crippen molar-refractivity contribution >= 4 is 11.6 Å². The fourth-order valence-electron chi connectivity index (χ4n) is 1.57. The number of hydrogen-bond acceptors (Lipinski definition) is 5. The van der Waals surface area contributed by atoms with Crippen molar-refractivity contribution < 1.29 is 19.0 Å². The first kappa shape index (κ1) is 15.1. The molecule has 1 amide bonds. The fraction of sp³-hybridized carbons (Fsp3) is 0.462. The minimum absolute atomic E-state index is 0.253. The Bertz CT molecular complexity index is 423. The fourth-order valence-corrected chi connectivity index (χ4v) is 1.57. The average molecular weight is 268 g/mol. The van der Waals surface area contributed by atoms with E-state index in [0.29, 0.717) is 29.4 Å². The summed E-state index contributed by atoms with van der Waals surface area (Å²) in [5.74, 6) is 1.17. The lowest BCUT2D eigenvalue weighted by Gasteiger charge is -2.15. The maximum Gasteiger partial charge on any atom is 0.241 e. The molecule has 0 aromatic heterocycles. The number of anilines is 1. The van der Waals surface area contributed by atoms with Crippen LogP contribution in [0.15, 0.2) is 12.1 Å². The van der Waals surface area contributed by atoms with Crippen LogP contribution in [0.1, 0.15) is 13.3 Å². The van der Waals surface area contributed by atoms with Gasteiger partial charge in [0.2, 0.25) is 11.7 Å². The van der Waals surface area contributed by atoms with Gasteiger partial charge in [0.15, 0.2) is 11.5 Å². The van der Waals surface area contributed by atoms with Crippen LogP contribution in [0.3, 0.4) is 0 Å². The zero-order valence-corrected chi connectivity index (χ0v) is 11.6. The quantitative estimate of drug-likeness (QED) is 0.814. The maximum atomic E-state index is 11.7. The second-order valence-electron chi connectivity index (χ2n) is 3.92. The molecule has 0 saturated carbocycles. The topological polar surface area (TPSA) is 82.8 Å². The molecule has 3 N–H and O–H groups in total. The number of carbonyl (C=O) groups is 1. The highest BCUT2D eigenvalue weighted by molar-refractivity contribution is 5.95. The molecule has 1 atom stereocenters. The Kier molecular flexibility index (Phi) is 5.44. The number of rotatable bonds is 6. The number of methoxy groups -OCH3 is 3. The monoisotopic (exact) mass is 268 g/mol. The first-order chi connectivity index (χ1) is 9.07. The van der Waals surface area contributed by atoms with Crippen molar-refractivity contribution in [2.45, 2.75) is 19.4 Å². The highest BCUT2D eigenvalue weighted by atomic mass is 16.5. The van der Waals surface area contributed by atoms with Gasteiger partial charge in [-0.25, -0.2) is 0 Å². The zero-order chi connectivity index (χ0) is 14.4. The molecule has 106 valence electrons. The molecule has 0 unspecified atom stereocenters. The molecule has 0 spiro atoms. The van der Waals surface area contributed by atoms with E-state index in [4.69, 9.17) is 19.9 Å². The van der Waals surface area contributed by atoms with E-state index >= 15 is 0 Å². The van der Waals surface area contributed by atoms with Crippen LogP contribution in [0, 0.1) is 0 Å². The van der Waals surface area contributed by atoms with E-state index in [2.05, 4.69) is 5.32 Å². The molecule has 6 nitrogen and oxygen atoms in total. The van der Waals surface area contributed by atoms with Crippen LogP contribution in [-0.2, 0) is 4.79 Å². The van der Waals surface area contributed by atoms with Crippen LogP contribution < -0.4 is 25.3 Å². The minimum Gasteiger partial charge on any atom is -0.493 e. The van der Waals surface area contributed by atoms with Gasteiger partial charge in [-0.15, -0.1) is 0 Å². The third-order valence-electron chi connectivity index (χ3n) is 2.71. The molecule has 1 rings (SSSR count). The van der Waals surface area contributed by atoms with E-state index < -0.39 is 6.04 Å². The summed E-state index contributed by atoms with van der Waals surface area (Å²) < 4.78 is 15.6. The van der Waals surface area contributed by atoms with E-state index in [1.54, 1.807) is 12.1 Å².